The van der Waals surface area contributed by atoms with Crippen LogP contribution in [0, 0.1) is 18.3 Å². The SMILES string of the molecule is CC.Cc1ncn2c(Cl)cc(SNC3(C#N)CC3)cc12. The minimum atomic E-state index is -0.335. The molecule has 0 bridgehead atoms. The van der Waals surface area contributed by atoms with Crippen molar-refractivity contribution in [1.82, 2.24) is 14.1 Å². The summed E-state index contributed by atoms with van der Waals surface area (Å²) in [5.74, 6) is 0. The highest BCUT2D eigenvalue weighted by atomic mass is 35.5. The van der Waals surface area contributed by atoms with Gasteiger partial charge >= 0.3 is 0 Å². The predicted molar refractivity (Wildman–Crippen MR) is 82.9 cm³/mol. The summed E-state index contributed by atoms with van der Waals surface area (Å²) < 4.78 is 5.05. The summed E-state index contributed by atoms with van der Waals surface area (Å²) in [5, 5.41) is 9.63. The Morgan fingerprint density at radius 2 is 2.15 bits per heavy atom. The molecule has 6 heteroatoms. The summed E-state index contributed by atoms with van der Waals surface area (Å²) in [6, 6.07) is 6.20. The molecule has 2 aromatic heterocycles. The zero-order valence-corrected chi connectivity index (χ0v) is 13.3. The third kappa shape index (κ3) is 2.93. The summed E-state index contributed by atoms with van der Waals surface area (Å²) >= 11 is 7.65. The lowest BCUT2D eigenvalue weighted by atomic mass is 10.3. The highest BCUT2D eigenvalue weighted by Gasteiger charge is 2.43. The quantitative estimate of drug-likeness (QED) is 0.688. The van der Waals surface area contributed by atoms with Gasteiger partial charge in [0.1, 0.15) is 17.0 Å². The van der Waals surface area contributed by atoms with Crippen molar-refractivity contribution in [3.63, 3.8) is 0 Å². The van der Waals surface area contributed by atoms with E-state index in [4.69, 9.17) is 16.9 Å². The van der Waals surface area contributed by atoms with Crippen molar-refractivity contribution in [2.45, 2.75) is 44.0 Å². The molecule has 0 radical (unpaired) electrons. The van der Waals surface area contributed by atoms with E-state index in [1.165, 1.54) is 11.9 Å². The first kappa shape index (κ1) is 15.2. The van der Waals surface area contributed by atoms with E-state index < -0.39 is 0 Å². The van der Waals surface area contributed by atoms with Crippen LogP contribution in [0.3, 0.4) is 0 Å². The molecule has 0 aromatic carbocycles. The molecule has 1 saturated carbocycles. The standard InChI is InChI=1S/C12H11ClN4S.C2H6/c1-8-10-4-9(5-11(13)17(10)7-15-8)18-16-12(6-14)2-3-12;1-2/h4-5,7,16H,2-3H2,1H3;1-2H3. The van der Waals surface area contributed by atoms with Gasteiger partial charge in [-0.25, -0.2) is 9.71 Å². The number of halogens is 1. The van der Waals surface area contributed by atoms with Gasteiger partial charge in [0.2, 0.25) is 0 Å². The zero-order valence-electron chi connectivity index (χ0n) is 11.8. The van der Waals surface area contributed by atoms with Crippen LogP contribution in [0.5, 0.6) is 0 Å². The Kier molecular flexibility index (Phi) is 4.59. The van der Waals surface area contributed by atoms with Gasteiger partial charge in [0.05, 0.1) is 17.3 Å². The van der Waals surface area contributed by atoms with Crippen LogP contribution in [0.15, 0.2) is 23.4 Å². The van der Waals surface area contributed by atoms with Gasteiger partial charge in [-0.2, -0.15) is 5.26 Å². The van der Waals surface area contributed by atoms with Crippen molar-refractivity contribution in [3.8, 4) is 6.07 Å². The van der Waals surface area contributed by atoms with Crippen molar-refractivity contribution in [3.05, 3.63) is 29.3 Å². The van der Waals surface area contributed by atoms with E-state index >= 15 is 0 Å². The van der Waals surface area contributed by atoms with Crippen LogP contribution in [0.1, 0.15) is 32.4 Å². The molecule has 4 nitrogen and oxygen atoms in total. The van der Waals surface area contributed by atoms with E-state index in [2.05, 4.69) is 15.8 Å². The number of hydrogen-bond acceptors (Lipinski definition) is 4. The largest absolute Gasteiger partial charge is 0.289 e. The first-order valence-electron chi connectivity index (χ1n) is 6.62. The van der Waals surface area contributed by atoms with Gasteiger partial charge in [0.15, 0.2) is 0 Å². The molecule has 0 spiro atoms. The molecule has 1 aliphatic carbocycles. The molecule has 0 unspecified atom stereocenters. The fraction of sp³-hybridized carbons (Fsp3) is 0.429. The highest BCUT2D eigenvalue weighted by Crippen LogP contribution is 2.38. The Balaban J connectivity index is 0.000000704. The minimum absolute atomic E-state index is 0.335. The molecule has 20 heavy (non-hydrogen) atoms. The van der Waals surface area contributed by atoms with Crippen molar-refractivity contribution in [1.29, 1.82) is 5.26 Å². The molecule has 1 N–H and O–H groups in total. The zero-order chi connectivity index (χ0) is 14.8. The monoisotopic (exact) mass is 308 g/mol. The predicted octanol–water partition coefficient (Wildman–Crippen LogP) is 3.98. The van der Waals surface area contributed by atoms with Crippen LogP contribution in [0.25, 0.3) is 5.52 Å². The molecular formula is C14H17ClN4S. The van der Waals surface area contributed by atoms with Gasteiger partial charge in [0.25, 0.3) is 0 Å². The Morgan fingerprint density at radius 3 is 2.75 bits per heavy atom. The Morgan fingerprint density at radius 1 is 1.45 bits per heavy atom. The summed E-state index contributed by atoms with van der Waals surface area (Å²) in [4.78, 5) is 5.23. The molecule has 0 aliphatic heterocycles. The second-order valence-electron chi connectivity index (χ2n) is 4.50. The van der Waals surface area contributed by atoms with Gasteiger partial charge < -0.3 is 0 Å². The molecule has 1 aliphatic rings. The Labute approximate surface area is 128 Å². The molecule has 2 aromatic rings. The van der Waals surface area contributed by atoms with Crippen LogP contribution >= 0.6 is 23.5 Å². The van der Waals surface area contributed by atoms with Crippen LogP contribution in [0.4, 0.5) is 0 Å². The first-order chi connectivity index (χ1) is 9.63. The average molecular weight is 309 g/mol. The van der Waals surface area contributed by atoms with Gasteiger partial charge in [-0.15, -0.1) is 0 Å². The number of rotatable bonds is 3. The van der Waals surface area contributed by atoms with Crippen LogP contribution < -0.4 is 4.72 Å². The fourth-order valence-corrected chi connectivity index (χ4v) is 2.95. The van der Waals surface area contributed by atoms with E-state index in [9.17, 15) is 0 Å². The number of fused-ring (bicyclic) bond motifs is 1. The van der Waals surface area contributed by atoms with E-state index in [0.29, 0.717) is 5.15 Å². The smallest absolute Gasteiger partial charge is 0.116 e. The van der Waals surface area contributed by atoms with Crippen LogP contribution in [0.2, 0.25) is 5.15 Å². The molecule has 0 amide bonds. The van der Waals surface area contributed by atoms with Crippen molar-refractivity contribution in [2.24, 2.45) is 0 Å². The maximum absolute atomic E-state index is 9.01. The number of nitrogens with one attached hydrogen (secondary N) is 1. The maximum Gasteiger partial charge on any atom is 0.116 e. The summed E-state index contributed by atoms with van der Waals surface area (Å²) in [7, 11) is 0. The van der Waals surface area contributed by atoms with Crippen molar-refractivity contribution in [2.75, 3.05) is 0 Å². The topological polar surface area (TPSA) is 53.1 Å². The lowest BCUT2D eigenvalue weighted by Gasteiger charge is -2.09. The van der Waals surface area contributed by atoms with E-state index in [1.54, 1.807) is 6.33 Å². The van der Waals surface area contributed by atoms with Crippen molar-refractivity contribution < 1.29 is 0 Å². The van der Waals surface area contributed by atoms with Gasteiger partial charge in [0, 0.05) is 4.90 Å². The van der Waals surface area contributed by atoms with E-state index in [0.717, 1.165) is 28.9 Å². The Bertz CT molecular complexity index is 655. The number of pyridine rings is 1. The maximum atomic E-state index is 9.01. The second-order valence-corrected chi connectivity index (χ2v) is 5.76. The molecule has 2 heterocycles. The third-order valence-electron chi connectivity index (χ3n) is 3.10. The van der Waals surface area contributed by atoms with Crippen molar-refractivity contribution >= 4 is 29.1 Å². The van der Waals surface area contributed by atoms with E-state index in [-0.39, 0.29) is 5.54 Å². The minimum Gasteiger partial charge on any atom is -0.289 e. The Hall–Kier alpha value is -1.22. The number of hydrogen-bond donors (Lipinski definition) is 1. The van der Waals surface area contributed by atoms with Crippen LogP contribution in [-0.4, -0.2) is 14.9 Å². The number of aryl methyl sites for hydroxylation is 1. The summed E-state index contributed by atoms with van der Waals surface area (Å²) in [6.07, 6.45) is 3.54. The van der Waals surface area contributed by atoms with E-state index in [1.807, 2.05) is 37.3 Å². The van der Waals surface area contributed by atoms with Gasteiger partial charge in [-0.3, -0.25) is 4.40 Å². The number of nitrogens with zero attached hydrogens (tertiary/aromatic N) is 3. The second kappa shape index (κ2) is 6.04. The highest BCUT2D eigenvalue weighted by molar-refractivity contribution is 7.97. The fourth-order valence-electron chi connectivity index (χ4n) is 1.73. The molecule has 0 atom stereocenters. The van der Waals surface area contributed by atoms with Gasteiger partial charge in [-0.1, -0.05) is 25.4 Å². The molecular weight excluding hydrogens is 292 g/mol. The number of aromatic nitrogens is 2. The third-order valence-corrected chi connectivity index (χ3v) is 4.35. The average Bonchev–Trinajstić information content (AvgIpc) is 3.17. The van der Waals surface area contributed by atoms with Gasteiger partial charge in [-0.05, 0) is 43.8 Å². The number of imidazole rings is 1. The molecule has 1 fully saturated rings. The molecule has 106 valence electrons. The first-order valence-corrected chi connectivity index (χ1v) is 7.81. The molecule has 3 rings (SSSR count). The molecule has 0 saturated heterocycles. The summed E-state index contributed by atoms with van der Waals surface area (Å²) in [5.41, 5.74) is 1.60. The van der Waals surface area contributed by atoms with Crippen LogP contribution in [-0.2, 0) is 0 Å². The summed E-state index contributed by atoms with van der Waals surface area (Å²) in [6.45, 7) is 5.95. The number of nitriles is 1. The lowest BCUT2D eigenvalue weighted by molar-refractivity contribution is 0.799. The lowest BCUT2D eigenvalue weighted by Crippen LogP contribution is -2.22. The normalized spacial score (nSPS) is 15.3.